The van der Waals surface area contributed by atoms with Crippen molar-refractivity contribution in [3.8, 4) is 0 Å². The number of hydrogen-bond acceptors (Lipinski definition) is 3. The van der Waals surface area contributed by atoms with Crippen molar-refractivity contribution in [2.24, 2.45) is 0 Å². The molecule has 0 fully saturated rings. The molecule has 130 valence electrons. The van der Waals surface area contributed by atoms with Crippen molar-refractivity contribution < 1.29 is 9.90 Å². The highest BCUT2D eigenvalue weighted by atomic mass is 16.3. The van der Waals surface area contributed by atoms with Crippen molar-refractivity contribution in [3.05, 3.63) is 77.6 Å². The molecule has 1 heterocycles. The van der Waals surface area contributed by atoms with Gasteiger partial charge in [-0.15, -0.1) is 0 Å². The minimum Gasteiger partial charge on any atom is -0.874 e. The standard InChI is InChI=1S/C21H24N2O2/c1-22(2)15-9-14-18-20(24)19(16-10-5-3-6-11-16)23(21(18)25)17-12-7-4-8-13-17/h3-8,10-13,19,24H,9,14-15H2,1-2H3/p-1. The van der Waals surface area contributed by atoms with E-state index in [1.807, 2.05) is 74.8 Å². The van der Waals surface area contributed by atoms with Gasteiger partial charge in [-0.25, -0.2) is 0 Å². The van der Waals surface area contributed by atoms with E-state index in [0.29, 0.717) is 12.0 Å². The third-order valence-corrected chi connectivity index (χ3v) is 4.46. The monoisotopic (exact) mass is 335 g/mol. The number of para-hydroxylation sites is 1. The van der Waals surface area contributed by atoms with E-state index in [4.69, 9.17) is 0 Å². The van der Waals surface area contributed by atoms with Crippen LogP contribution in [0.25, 0.3) is 0 Å². The lowest BCUT2D eigenvalue weighted by Crippen LogP contribution is -2.31. The Kier molecular flexibility index (Phi) is 5.19. The van der Waals surface area contributed by atoms with Gasteiger partial charge in [0.15, 0.2) is 0 Å². The topological polar surface area (TPSA) is 46.6 Å². The van der Waals surface area contributed by atoms with Crippen LogP contribution in [0.4, 0.5) is 5.69 Å². The van der Waals surface area contributed by atoms with E-state index in [0.717, 1.165) is 24.2 Å². The highest BCUT2D eigenvalue weighted by Crippen LogP contribution is 2.39. The SMILES string of the molecule is CN(C)CCCC1=C([O-])C(c2ccccc2)N(c2ccccc2)C1=O. The molecule has 0 N–H and O–H groups in total. The summed E-state index contributed by atoms with van der Waals surface area (Å²) in [7, 11) is 3.98. The van der Waals surface area contributed by atoms with Gasteiger partial charge in [-0.1, -0.05) is 54.3 Å². The number of carbonyl (C=O) groups excluding carboxylic acids is 1. The molecule has 0 saturated heterocycles. The maximum atomic E-state index is 13.1. The lowest BCUT2D eigenvalue weighted by atomic mass is 10.0. The average molecular weight is 335 g/mol. The largest absolute Gasteiger partial charge is 0.874 e. The molecule has 0 aromatic heterocycles. The van der Waals surface area contributed by atoms with Gasteiger partial charge in [-0.3, -0.25) is 9.69 Å². The average Bonchev–Trinajstić information content (AvgIpc) is 2.87. The van der Waals surface area contributed by atoms with Crippen molar-refractivity contribution >= 4 is 11.6 Å². The molecule has 1 aliphatic rings. The zero-order valence-corrected chi connectivity index (χ0v) is 14.7. The van der Waals surface area contributed by atoms with Crippen LogP contribution < -0.4 is 10.0 Å². The van der Waals surface area contributed by atoms with Gasteiger partial charge in [0.1, 0.15) is 0 Å². The Bertz CT molecular complexity index is 754. The van der Waals surface area contributed by atoms with Crippen LogP contribution in [0.1, 0.15) is 24.4 Å². The van der Waals surface area contributed by atoms with Crippen molar-refractivity contribution in [2.75, 3.05) is 25.5 Å². The summed E-state index contributed by atoms with van der Waals surface area (Å²) in [5, 5.41) is 13.1. The summed E-state index contributed by atoms with van der Waals surface area (Å²) in [5.74, 6) is -0.234. The molecule has 2 aromatic rings. The minimum atomic E-state index is -0.564. The molecule has 1 atom stereocenters. The minimum absolute atomic E-state index is 0.0705. The third-order valence-electron chi connectivity index (χ3n) is 4.46. The summed E-state index contributed by atoms with van der Waals surface area (Å²) in [5.41, 5.74) is 2.03. The molecule has 4 nitrogen and oxygen atoms in total. The fraction of sp³-hybridized carbons (Fsp3) is 0.286. The van der Waals surface area contributed by atoms with Gasteiger partial charge in [0, 0.05) is 11.3 Å². The second-order valence-corrected chi connectivity index (χ2v) is 6.57. The lowest BCUT2D eigenvalue weighted by Gasteiger charge is -2.30. The van der Waals surface area contributed by atoms with E-state index >= 15 is 0 Å². The zero-order chi connectivity index (χ0) is 17.8. The van der Waals surface area contributed by atoms with Crippen LogP contribution >= 0.6 is 0 Å². The van der Waals surface area contributed by atoms with E-state index in [1.165, 1.54) is 0 Å². The molecule has 0 spiro atoms. The molecular weight excluding hydrogens is 312 g/mol. The predicted octanol–water partition coefficient (Wildman–Crippen LogP) is 2.73. The number of amides is 1. The van der Waals surface area contributed by atoms with Gasteiger partial charge < -0.3 is 10.0 Å². The van der Waals surface area contributed by atoms with Crippen LogP contribution in [0.2, 0.25) is 0 Å². The molecular formula is C21H23N2O2-. The number of anilines is 1. The molecule has 1 amide bonds. The van der Waals surface area contributed by atoms with Crippen molar-refractivity contribution in [1.29, 1.82) is 0 Å². The molecule has 4 heteroatoms. The number of benzene rings is 2. The van der Waals surface area contributed by atoms with E-state index in [2.05, 4.69) is 4.90 Å². The highest BCUT2D eigenvalue weighted by Gasteiger charge is 2.35. The van der Waals surface area contributed by atoms with Crippen LogP contribution in [0.5, 0.6) is 0 Å². The van der Waals surface area contributed by atoms with Crippen LogP contribution in [0.15, 0.2) is 72.0 Å². The van der Waals surface area contributed by atoms with Gasteiger partial charge >= 0.3 is 0 Å². The van der Waals surface area contributed by atoms with Crippen LogP contribution in [0.3, 0.4) is 0 Å². The van der Waals surface area contributed by atoms with Crippen molar-refractivity contribution in [2.45, 2.75) is 18.9 Å². The molecule has 25 heavy (non-hydrogen) atoms. The summed E-state index contributed by atoms with van der Waals surface area (Å²) >= 11 is 0. The molecule has 0 bridgehead atoms. The Morgan fingerprint density at radius 3 is 2.20 bits per heavy atom. The molecule has 3 rings (SSSR count). The second kappa shape index (κ2) is 7.53. The van der Waals surface area contributed by atoms with Crippen LogP contribution in [0, 0.1) is 0 Å². The maximum absolute atomic E-state index is 13.1. The molecule has 2 aromatic carbocycles. The summed E-state index contributed by atoms with van der Waals surface area (Å²) < 4.78 is 0. The molecule has 0 aliphatic carbocycles. The Hall–Kier alpha value is -2.59. The van der Waals surface area contributed by atoms with E-state index in [1.54, 1.807) is 4.90 Å². The summed E-state index contributed by atoms with van der Waals surface area (Å²) in [6, 6.07) is 18.4. The summed E-state index contributed by atoms with van der Waals surface area (Å²) in [6.07, 6.45) is 1.31. The Balaban J connectivity index is 1.96. The number of nitrogens with zero attached hydrogens (tertiary/aromatic N) is 2. The smallest absolute Gasteiger partial charge is 0.254 e. The van der Waals surface area contributed by atoms with E-state index in [9.17, 15) is 9.90 Å². The number of rotatable bonds is 6. The van der Waals surface area contributed by atoms with Crippen LogP contribution in [-0.4, -0.2) is 31.4 Å². The van der Waals surface area contributed by atoms with E-state index < -0.39 is 6.04 Å². The Morgan fingerprint density at radius 2 is 1.60 bits per heavy atom. The zero-order valence-electron chi connectivity index (χ0n) is 14.7. The van der Waals surface area contributed by atoms with Crippen LogP contribution in [-0.2, 0) is 4.79 Å². The van der Waals surface area contributed by atoms with Gasteiger partial charge in [0.2, 0.25) is 0 Å². The molecule has 1 aliphatic heterocycles. The second-order valence-electron chi connectivity index (χ2n) is 6.57. The summed E-state index contributed by atoms with van der Waals surface area (Å²) in [6.45, 7) is 0.853. The fourth-order valence-electron chi connectivity index (χ4n) is 3.24. The van der Waals surface area contributed by atoms with Gasteiger partial charge in [-0.2, -0.15) is 0 Å². The predicted molar refractivity (Wildman–Crippen MR) is 97.9 cm³/mol. The molecule has 0 radical (unpaired) electrons. The first kappa shape index (κ1) is 17.2. The third kappa shape index (κ3) is 3.59. The van der Waals surface area contributed by atoms with Crippen molar-refractivity contribution in [1.82, 2.24) is 4.90 Å². The quantitative estimate of drug-likeness (QED) is 0.815. The van der Waals surface area contributed by atoms with Gasteiger partial charge in [0.05, 0.1) is 6.04 Å². The maximum Gasteiger partial charge on any atom is 0.254 e. The normalized spacial score (nSPS) is 17.6. The lowest BCUT2D eigenvalue weighted by molar-refractivity contribution is -0.309. The fourth-order valence-corrected chi connectivity index (χ4v) is 3.24. The first-order valence-corrected chi connectivity index (χ1v) is 8.58. The van der Waals surface area contributed by atoms with Gasteiger partial charge in [-0.05, 0) is 51.2 Å². The van der Waals surface area contributed by atoms with Gasteiger partial charge in [0.25, 0.3) is 5.91 Å². The van der Waals surface area contributed by atoms with Crippen molar-refractivity contribution in [3.63, 3.8) is 0 Å². The summed E-state index contributed by atoms with van der Waals surface area (Å²) in [4.78, 5) is 16.7. The Morgan fingerprint density at radius 1 is 1.00 bits per heavy atom. The number of carbonyl (C=O) groups is 1. The first-order chi connectivity index (χ1) is 12.1. The molecule has 1 unspecified atom stereocenters. The number of hydrogen-bond donors (Lipinski definition) is 0. The van der Waals surface area contributed by atoms with E-state index in [-0.39, 0.29) is 11.7 Å². The molecule has 0 saturated carbocycles. The Labute approximate surface area is 149 Å². The highest BCUT2D eigenvalue weighted by molar-refractivity contribution is 6.09. The first-order valence-electron chi connectivity index (χ1n) is 8.58.